The summed E-state index contributed by atoms with van der Waals surface area (Å²) in [6.07, 6.45) is 3.05. The summed E-state index contributed by atoms with van der Waals surface area (Å²) in [6.45, 7) is 3.82. The number of carbonyl (C=O) groups excluding carboxylic acids is 1. The second kappa shape index (κ2) is 6.84. The third-order valence-corrected chi connectivity index (χ3v) is 3.96. The van der Waals surface area contributed by atoms with Crippen molar-refractivity contribution in [1.29, 1.82) is 0 Å². The van der Waals surface area contributed by atoms with Gasteiger partial charge in [0.15, 0.2) is 0 Å². The first-order valence-corrected chi connectivity index (χ1v) is 7.16. The summed E-state index contributed by atoms with van der Waals surface area (Å²) in [5, 5.41) is 0. The Hall–Kier alpha value is -1.42. The van der Waals surface area contributed by atoms with Crippen LogP contribution in [0.1, 0.15) is 35.2 Å². The number of aryl methyl sites for hydroxylation is 1. The Bertz CT molecular complexity index is 476. The summed E-state index contributed by atoms with van der Waals surface area (Å²) in [5.41, 5.74) is 0.709. The van der Waals surface area contributed by atoms with Crippen molar-refractivity contribution in [2.75, 3.05) is 26.8 Å². The number of ether oxygens (including phenoxy) is 1. The lowest BCUT2D eigenvalue weighted by atomic mass is 9.94. The molecule has 0 spiro atoms. The predicted molar refractivity (Wildman–Crippen MR) is 76.3 cm³/mol. The molecule has 1 amide bonds. The second-order valence-electron chi connectivity index (χ2n) is 5.48. The smallest absolute Gasteiger partial charge is 0.256 e. The number of halogens is 1. The van der Waals surface area contributed by atoms with Crippen LogP contribution in [0.5, 0.6) is 0 Å². The number of nitrogens with zero attached hydrogens (tertiary/aromatic N) is 1. The molecule has 4 heteroatoms. The fourth-order valence-electron chi connectivity index (χ4n) is 2.75. The van der Waals surface area contributed by atoms with Crippen molar-refractivity contribution < 1.29 is 13.9 Å². The molecule has 1 aromatic carbocycles. The highest BCUT2D eigenvalue weighted by atomic mass is 19.1. The first-order chi connectivity index (χ1) is 9.63. The standard InChI is InChI=1S/C16H22FNO2/c1-12-5-3-7-14(15(12)17)16(19)18-9-4-6-13(11-18)8-10-20-2/h3,5,7,13H,4,6,8-11H2,1-2H3/t13-/m1/s1. The maximum atomic E-state index is 14.0. The van der Waals surface area contributed by atoms with E-state index >= 15 is 0 Å². The van der Waals surface area contributed by atoms with Crippen LogP contribution in [0.25, 0.3) is 0 Å². The van der Waals surface area contributed by atoms with Gasteiger partial charge in [0, 0.05) is 26.8 Å². The van der Waals surface area contributed by atoms with Crippen LogP contribution >= 0.6 is 0 Å². The van der Waals surface area contributed by atoms with Crippen molar-refractivity contribution in [2.45, 2.75) is 26.2 Å². The number of hydrogen-bond donors (Lipinski definition) is 0. The molecule has 3 nitrogen and oxygen atoms in total. The molecule has 110 valence electrons. The Balaban J connectivity index is 2.06. The maximum absolute atomic E-state index is 14.0. The summed E-state index contributed by atoms with van der Waals surface area (Å²) in [7, 11) is 1.69. The molecule has 1 aliphatic rings. The van der Waals surface area contributed by atoms with Gasteiger partial charge in [0.25, 0.3) is 5.91 Å². The van der Waals surface area contributed by atoms with Gasteiger partial charge in [-0.15, -0.1) is 0 Å². The van der Waals surface area contributed by atoms with E-state index in [1.54, 1.807) is 37.1 Å². The molecule has 0 radical (unpaired) electrons. The Morgan fingerprint density at radius 3 is 3.05 bits per heavy atom. The van der Waals surface area contributed by atoms with Gasteiger partial charge in [-0.2, -0.15) is 0 Å². The van der Waals surface area contributed by atoms with Crippen LogP contribution in [0.2, 0.25) is 0 Å². The molecule has 1 saturated heterocycles. The van der Waals surface area contributed by atoms with Gasteiger partial charge in [0.1, 0.15) is 5.82 Å². The molecule has 1 fully saturated rings. The molecule has 0 unspecified atom stereocenters. The van der Waals surface area contributed by atoms with Gasteiger partial charge < -0.3 is 9.64 Å². The van der Waals surface area contributed by atoms with Gasteiger partial charge in [-0.05, 0) is 43.7 Å². The fourth-order valence-corrected chi connectivity index (χ4v) is 2.75. The molecular formula is C16H22FNO2. The van der Waals surface area contributed by atoms with E-state index < -0.39 is 5.82 Å². The molecule has 0 aromatic heterocycles. The first-order valence-electron chi connectivity index (χ1n) is 7.16. The van der Waals surface area contributed by atoms with Gasteiger partial charge in [-0.25, -0.2) is 4.39 Å². The van der Waals surface area contributed by atoms with Crippen LogP contribution in [-0.2, 0) is 4.74 Å². The molecule has 1 aromatic rings. The zero-order valence-corrected chi connectivity index (χ0v) is 12.2. The normalized spacial score (nSPS) is 19.1. The first kappa shape index (κ1) is 15.0. The number of amides is 1. The molecule has 0 bridgehead atoms. The van der Waals surface area contributed by atoms with Crippen molar-refractivity contribution >= 4 is 5.91 Å². The summed E-state index contributed by atoms with van der Waals surface area (Å²) >= 11 is 0. The average molecular weight is 279 g/mol. The molecule has 2 rings (SSSR count). The molecule has 0 N–H and O–H groups in total. The number of piperidine rings is 1. The van der Waals surface area contributed by atoms with Crippen LogP contribution in [0.15, 0.2) is 18.2 Å². The lowest BCUT2D eigenvalue weighted by Gasteiger charge is -2.33. The lowest BCUT2D eigenvalue weighted by molar-refractivity contribution is 0.0637. The maximum Gasteiger partial charge on any atom is 0.256 e. The third-order valence-electron chi connectivity index (χ3n) is 3.96. The molecular weight excluding hydrogens is 257 g/mol. The third kappa shape index (κ3) is 3.37. The largest absolute Gasteiger partial charge is 0.385 e. The van der Waals surface area contributed by atoms with E-state index in [0.29, 0.717) is 24.6 Å². The summed E-state index contributed by atoms with van der Waals surface area (Å²) < 4.78 is 19.1. The molecule has 0 saturated carbocycles. The molecule has 1 atom stereocenters. The van der Waals surface area contributed by atoms with Gasteiger partial charge in [0.05, 0.1) is 5.56 Å². The zero-order valence-electron chi connectivity index (χ0n) is 12.2. The van der Waals surface area contributed by atoms with Gasteiger partial charge in [-0.3, -0.25) is 4.79 Å². The van der Waals surface area contributed by atoms with E-state index in [-0.39, 0.29) is 11.5 Å². The van der Waals surface area contributed by atoms with Crippen molar-refractivity contribution in [3.63, 3.8) is 0 Å². The van der Waals surface area contributed by atoms with E-state index in [4.69, 9.17) is 4.74 Å². The molecule has 1 heterocycles. The van der Waals surface area contributed by atoms with E-state index in [1.165, 1.54) is 0 Å². The second-order valence-corrected chi connectivity index (χ2v) is 5.48. The van der Waals surface area contributed by atoms with Crippen LogP contribution in [-0.4, -0.2) is 37.6 Å². The minimum absolute atomic E-state index is 0.187. The molecule has 20 heavy (non-hydrogen) atoms. The van der Waals surface area contributed by atoms with Crippen molar-refractivity contribution in [3.05, 3.63) is 35.1 Å². The van der Waals surface area contributed by atoms with Gasteiger partial charge >= 0.3 is 0 Å². The van der Waals surface area contributed by atoms with E-state index in [2.05, 4.69) is 0 Å². The number of hydrogen-bond acceptors (Lipinski definition) is 2. The van der Waals surface area contributed by atoms with Gasteiger partial charge in [-0.1, -0.05) is 12.1 Å². The SMILES string of the molecule is COCC[C@H]1CCCN(C(=O)c2cccc(C)c2F)C1. The van der Waals surface area contributed by atoms with E-state index in [9.17, 15) is 9.18 Å². The number of benzene rings is 1. The van der Waals surface area contributed by atoms with Crippen LogP contribution in [0.3, 0.4) is 0 Å². The highest BCUT2D eigenvalue weighted by molar-refractivity contribution is 5.94. The van der Waals surface area contributed by atoms with Crippen molar-refractivity contribution in [1.82, 2.24) is 4.90 Å². The Labute approximate surface area is 119 Å². The molecule has 0 aliphatic carbocycles. The summed E-state index contributed by atoms with van der Waals surface area (Å²) in [6, 6.07) is 4.99. The number of likely N-dealkylation sites (tertiary alicyclic amines) is 1. The zero-order chi connectivity index (χ0) is 14.5. The number of rotatable bonds is 4. The highest BCUT2D eigenvalue weighted by Gasteiger charge is 2.26. The van der Waals surface area contributed by atoms with Crippen LogP contribution < -0.4 is 0 Å². The van der Waals surface area contributed by atoms with Crippen LogP contribution in [0.4, 0.5) is 4.39 Å². The Morgan fingerprint density at radius 2 is 2.30 bits per heavy atom. The highest BCUT2D eigenvalue weighted by Crippen LogP contribution is 2.22. The summed E-state index contributed by atoms with van der Waals surface area (Å²) in [5.74, 6) is -0.120. The molecule has 1 aliphatic heterocycles. The van der Waals surface area contributed by atoms with E-state index in [1.807, 2.05) is 0 Å². The lowest BCUT2D eigenvalue weighted by Crippen LogP contribution is -2.40. The Morgan fingerprint density at radius 1 is 1.50 bits per heavy atom. The monoisotopic (exact) mass is 279 g/mol. The van der Waals surface area contributed by atoms with Crippen molar-refractivity contribution in [2.24, 2.45) is 5.92 Å². The minimum atomic E-state index is -0.392. The summed E-state index contributed by atoms with van der Waals surface area (Å²) in [4.78, 5) is 14.2. The van der Waals surface area contributed by atoms with E-state index in [0.717, 1.165) is 25.8 Å². The average Bonchev–Trinajstić information content (AvgIpc) is 2.47. The number of carbonyl (C=O) groups is 1. The van der Waals surface area contributed by atoms with Crippen LogP contribution in [0, 0.1) is 18.7 Å². The quantitative estimate of drug-likeness (QED) is 0.848. The topological polar surface area (TPSA) is 29.5 Å². The van der Waals surface area contributed by atoms with Gasteiger partial charge in [0.2, 0.25) is 0 Å². The predicted octanol–water partition coefficient (Wildman–Crippen LogP) is 3.02. The number of methoxy groups -OCH3 is 1. The minimum Gasteiger partial charge on any atom is -0.385 e. The Kier molecular flexibility index (Phi) is 5.12. The fraction of sp³-hybridized carbons (Fsp3) is 0.562. The van der Waals surface area contributed by atoms with Crippen molar-refractivity contribution in [3.8, 4) is 0 Å².